The first-order valence-corrected chi connectivity index (χ1v) is 10.00. The van der Waals surface area contributed by atoms with E-state index in [4.69, 9.17) is 4.74 Å². The molecule has 0 heterocycles. The molecule has 3 aromatic rings. The third-order valence-electron chi connectivity index (χ3n) is 4.42. The molecular weight excluding hydrogens is 412 g/mol. The van der Waals surface area contributed by atoms with Gasteiger partial charge in [-0.3, -0.25) is 4.79 Å². The first-order chi connectivity index (χ1) is 15.0. The van der Waals surface area contributed by atoms with E-state index in [-0.39, 0.29) is 5.91 Å². The zero-order chi connectivity index (χ0) is 22.2. The van der Waals surface area contributed by atoms with Crippen LogP contribution >= 0.6 is 12.8 Å². The summed E-state index contributed by atoms with van der Waals surface area (Å²) in [4.78, 5) is 23.9. The average molecular weight is 437 g/mol. The van der Waals surface area contributed by atoms with Crippen molar-refractivity contribution in [1.29, 1.82) is 0 Å². The third-order valence-corrected chi connectivity index (χ3v) is 4.83. The van der Waals surface area contributed by atoms with Gasteiger partial charge in [0.05, 0.1) is 24.2 Å². The van der Waals surface area contributed by atoms with Crippen molar-refractivity contribution in [2.75, 3.05) is 27.4 Å². The molecule has 3 N–H and O–H groups in total. The molecule has 0 aromatic heterocycles. The Morgan fingerprint density at radius 3 is 2.29 bits per heavy atom. The zero-order valence-corrected chi connectivity index (χ0v) is 18.1. The summed E-state index contributed by atoms with van der Waals surface area (Å²) in [5.41, 5.74) is 3.62. The lowest BCUT2D eigenvalue weighted by Crippen LogP contribution is -2.27. The molecule has 0 saturated carbocycles. The Morgan fingerprint density at radius 2 is 1.65 bits per heavy atom. The van der Waals surface area contributed by atoms with Crippen molar-refractivity contribution in [2.24, 2.45) is 0 Å². The molecule has 7 nitrogen and oxygen atoms in total. The van der Waals surface area contributed by atoms with Gasteiger partial charge in [0.15, 0.2) is 0 Å². The number of anilines is 4. The molecule has 0 unspecified atom stereocenters. The summed E-state index contributed by atoms with van der Waals surface area (Å²) in [7, 11) is 1.59. The maximum atomic E-state index is 12.8. The first kappa shape index (κ1) is 22.0. The Hall–Kier alpha value is -3.65. The van der Waals surface area contributed by atoms with Crippen LogP contribution in [0.2, 0.25) is 0 Å². The van der Waals surface area contributed by atoms with E-state index in [1.807, 2.05) is 36.4 Å². The van der Waals surface area contributed by atoms with Crippen LogP contribution in [0.4, 0.5) is 27.5 Å². The van der Waals surface area contributed by atoms with Crippen molar-refractivity contribution in [1.82, 2.24) is 0 Å². The second kappa shape index (κ2) is 10.4. The van der Waals surface area contributed by atoms with E-state index in [1.54, 1.807) is 43.5 Å². The summed E-state index contributed by atoms with van der Waals surface area (Å²) in [6.45, 7) is 2.02. The van der Waals surface area contributed by atoms with E-state index < -0.39 is 6.03 Å². The number of ether oxygens (including phenoxy) is 1. The fraction of sp³-hybridized carbons (Fsp3) is 0.130. The number of carbonyl (C=O) groups is 2. The van der Waals surface area contributed by atoms with Crippen molar-refractivity contribution >= 4 is 47.5 Å². The second-order valence-electron chi connectivity index (χ2n) is 6.72. The standard InChI is InChI=1S/C23H24N4O3S/c1-16(28)25-18-8-10-19(11-9-18)27(31)23(29)26-21-13-12-20(30-2)14-22(21)24-15-17-6-4-3-5-7-17/h3-14,24,31H,15H2,1-2H3,(H,25,28)(H,26,29). The quantitative estimate of drug-likeness (QED) is 0.386. The number of nitrogens with zero attached hydrogens (tertiary/aromatic N) is 1. The zero-order valence-electron chi connectivity index (χ0n) is 17.3. The van der Waals surface area contributed by atoms with Gasteiger partial charge in [0.25, 0.3) is 0 Å². The normalized spacial score (nSPS) is 10.2. The Kier molecular flexibility index (Phi) is 7.40. The predicted molar refractivity (Wildman–Crippen MR) is 128 cm³/mol. The summed E-state index contributed by atoms with van der Waals surface area (Å²) in [6.07, 6.45) is 0. The number of thiol groups is 1. The van der Waals surface area contributed by atoms with Crippen molar-refractivity contribution in [2.45, 2.75) is 13.5 Å². The lowest BCUT2D eigenvalue weighted by Gasteiger charge is -2.19. The van der Waals surface area contributed by atoms with Gasteiger partial charge in [-0.25, -0.2) is 9.10 Å². The largest absolute Gasteiger partial charge is 0.497 e. The van der Waals surface area contributed by atoms with Crippen molar-refractivity contribution in [3.8, 4) is 5.75 Å². The van der Waals surface area contributed by atoms with Crippen molar-refractivity contribution in [3.63, 3.8) is 0 Å². The Morgan fingerprint density at radius 1 is 0.935 bits per heavy atom. The number of hydrogen-bond donors (Lipinski definition) is 4. The Labute approximate surface area is 187 Å². The molecule has 3 rings (SSSR count). The minimum Gasteiger partial charge on any atom is -0.497 e. The minimum absolute atomic E-state index is 0.164. The fourth-order valence-corrected chi connectivity index (χ4v) is 3.06. The Balaban J connectivity index is 1.72. The summed E-state index contributed by atoms with van der Waals surface area (Å²) in [6, 6.07) is 21.7. The molecule has 160 valence electrons. The topological polar surface area (TPSA) is 82.7 Å². The van der Waals surface area contributed by atoms with Gasteiger partial charge >= 0.3 is 6.03 Å². The lowest BCUT2D eigenvalue weighted by molar-refractivity contribution is -0.114. The molecule has 0 aliphatic carbocycles. The van der Waals surface area contributed by atoms with Crippen LogP contribution < -0.4 is 25.0 Å². The van der Waals surface area contributed by atoms with Crippen LogP contribution in [0.15, 0.2) is 72.8 Å². The highest BCUT2D eigenvalue weighted by atomic mass is 32.1. The van der Waals surface area contributed by atoms with E-state index in [9.17, 15) is 9.59 Å². The number of nitrogens with one attached hydrogen (secondary N) is 3. The number of amides is 3. The highest BCUT2D eigenvalue weighted by molar-refractivity contribution is 7.82. The van der Waals surface area contributed by atoms with Gasteiger partial charge in [0.2, 0.25) is 5.91 Å². The average Bonchev–Trinajstić information content (AvgIpc) is 2.78. The van der Waals surface area contributed by atoms with E-state index in [0.717, 1.165) is 11.3 Å². The fourth-order valence-electron chi connectivity index (χ4n) is 2.87. The van der Waals surface area contributed by atoms with Gasteiger partial charge in [0.1, 0.15) is 5.75 Å². The van der Waals surface area contributed by atoms with E-state index in [1.165, 1.54) is 11.2 Å². The molecule has 3 amide bonds. The first-order valence-electron chi connectivity index (χ1n) is 9.60. The lowest BCUT2D eigenvalue weighted by atomic mass is 10.2. The molecule has 3 aromatic carbocycles. The minimum atomic E-state index is -0.427. The van der Waals surface area contributed by atoms with Gasteiger partial charge in [-0.1, -0.05) is 43.1 Å². The molecule has 0 aliphatic rings. The maximum absolute atomic E-state index is 12.8. The van der Waals surface area contributed by atoms with E-state index in [2.05, 4.69) is 28.8 Å². The van der Waals surface area contributed by atoms with Crippen molar-refractivity contribution in [3.05, 3.63) is 78.4 Å². The number of carbonyl (C=O) groups excluding carboxylic acids is 2. The monoisotopic (exact) mass is 436 g/mol. The number of benzene rings is 3. The van der Waals surface area contributed by atoms with Crippen LogP contribution in [0.3, 0.4) is 0 Å². The SMILES string of the molecule is COc1ccc(NC(=O)N(S)c2ccc(NC(C)=O)cc2)c(NCc2ccccc2)c1. The van der Waals surface area contributed by atoms with Crippen LogP contribution in [0, 0.1) is 0 Å². The summed E-state index contributed by atoms with van der Waals surface area (Å²) in [5.74, 6) is 0.508. The number of hydrogen-bond acceptors (Lipinski definition) is 5. The molecule has 8 heteroatoms. The van der Waals surface area contributed by atoms with Gasteiger partial charge in [-0.15, -0.1) is 0 Å². The summed E-state index contributed by atoms with van der Waals surface area (Å²) < 4.78 is 6.51. The predicted octanol–water partition coefficient (Wildman–Crippen LogP) is 5.15. The molecule has 0 bridgehead atoms. The van der Waals surface area contributed by atoms with Crippen LogP contribution in [-0.2, 0) is 11.3 Å². The highest BCUT2D eigenvalue weighted by Gasteiger charge is 2.15. The van der Waals surface area contributed by atoms with Gasteiger partial charge < -0.3 is 20.7 Å². The van der Waals surface area contributed by atoms with Gasteiger partial charge in [0, 0.05) is 25.2 Å². The van der Waals surface area contributed by atoms with E-state index in [0.29, 0.717) is 29.4 Å². The van der Waals surface area contributed by atoms with Crippen LogP contribution in [0.1, 0.15) is 12.5 Å². The van der Waals surface area contributed by atoms with Crippen LogP contribution in [-0.4, -0.2) is 19.0 Å². The molecule has 0 fully saturated rings. The second-order valence-corrected chi connectivity index (χ2v) is 7.12. The van der Waals surface area contributed by atoms with E-state index >= 15 is 0 Å². The molecule has 0 spiro atoms. The summed E-state index contributed by atoms with van der Waals surface area (Å²) >= 11 is 4.32. The Bertz CT molecular complexity index is 1040. The number of urea groups is 1. The molecule has 0 aliphatic heterocycles. The molecule has 0 radical (unpaired) electrons. The number of rotatable bonds is 7. The van der Waals surface area contributed by atoms with Gasteiger partial charge in [-0.05, 0) is 42.0 Å². The smallest absolute Gasteiger partial charge is 0.336 e. The molecule has 31 heavy (non-hydrogen) atoms. The van der Waals surface area contributed by atoms with Crippen LogP contribution in [0.5, 0.6) is 5.75 Å². The van der Waals surface area contributed by atoms with Crippen molar-refractivity contribution < 1.29 is 14.3 Å². The molecular formula is C23H24N4O3S. The molecule has 0 saturated heterocycles. The maximum Gasteiger partial charge on any atom is 0.336 e. The number of methoxy groups -OCH3 is 1. The van der Waals surface area contributed by atoms with Crippen LogP contribution in [0.25, 0.3) is 0 Å². The summed E-state index contributed by atoms with van der Waals surface area (Å²) in [5, 5.41) is 8.88. The molecule has 0 atom stereocenters. The highest BCUT2D eigenvalue weighted by Crippen LogP contribution is 2.29. The van der Waals surface area contributed by atoms with Gasteiger partial charge in [-0.2, -0.15) is 0 Å². The third kappa shape index (κ3) is 6.16.